The third-order valence-electron chi connectivity index (χ3n) is 3.79. The molecule has 1 amide bonds. The summed E-state index contributed by atoms with van der Waals surface area (Å²) in [5, 5.41) is 1.98. The third kappa shape index (κ3) is 4.41. The van der Waals surface area contributed by atoms with Crippen LogP contribution in [0.2, 0.25) is 0 Å². The molecule has 2 heterocycles. The predicted molar refractivity (Wildman–Crippen MR) is 89.1 cm³/mol. The second kappa shape index (κ2) is 7.39. The lowest BCUT2D eigenvalue weighted by atomic mass is 9.98. The number of piperidine rings is 1. The lowest BCUT2D eigenvalue weighted by Crippen LogP contribution is -2.46. The molecule has 1 aromatic heterocycles. The summed E-state index contributed by atoms with van der Waals surface area (Å²) in [5.74, 6) is -0.245. The van der Waals surface area contributed by atoms with E-state index in [0.29, 0.717) is 19.6 Å². The van der Waals surface area contributed by atoms with Crippen molar-refractivity contribution in [2.45, 2.75) is 19.4 Å². The van der Waals surface area contributed by atoms with Gasteiger partial charge in [0, 0.05) is 24.5 Å². The fraction of sp³-hybridized carbons (Fsp3) is 0.533. The standard InChI is InChI=1S/C15H22N2O3S2/c1-3-8-16(12-14-7-5-10-21-14)15(18)13-6-4-9-17(11-13)22(2,19)20/h3,5,7,10,13H,1,4,6,8-9,11-12H2,2H3. The van der Waals surface area contributed by atoms with Gasteiger partial charge in [0.2, 0.25) is 15.9 Å². The average molecular weight is 342 g/mol. The normalized spacial score (nSPS) is 19.8. The fourth-order valence-electron chi connectivity index (χ4n) is 2.68. The SMILES string of the molecule is C=CCN(Cc1cccs1)C(=O)C1CCCN(S(C)(=O)=O)C1. The molecular formula is C15H22N2O3S2. The third-order valence-corrected chi connectivity index (χ3v) is 5.92. The van der Waals surface area contributed by atoms with Crippen molar-refractivity contribution in [3.8, 4) is 0 Å². The van der Waals surface area contributed by atoms with Crippen LogP contribution in [-0.4, -0.2) is 49.4 Å². The molecule has 0 spiro atoms. The van der Waals surface area contributed by atoms with Crippen LogP contribution >= 0.6 is 11.3 Å². The number of nitrogens with zero attached hydrogens (tertiary/aromatic N) is 2. The molecule has 0 radical (unpaired) electrons. The van der Waals surface area contributed by atoms with E-state index >= 15 is 0 Å². The molecule has 5 nitrogen and oxygen atoms in total. The van der Waals surface area contributed by atoms with Gasteiger partial charge in [0.1, 0.15) is 0 Å². The molecule has 0 aliphatic carbocycles. The zero-order valence-electron chi connectivity index (χ0n) is 12.8. The number of carbonyl (C=O) groups excluding carboxylic acids is 1. The molecule has 1 unspecified atom stereocenters. The Morgan fingerprint density at radius 3 is 2.95 bits per heavy atom. The minimum absolute atomic E-state index is 0.0154. The van der Waals surface area contributed by atoms with Crippen LogP contribution in [0.3, 0.4) is 0 Å². The van der Waals surface area contributed by atoms with Gasteiger partial charge in [-0.1, -0.05) is 12.1 Å². The Bertz CT molecular complexity index is 611. The number of hydrogen-bond donors (Lipinski definition) is 0. The first-order valence-electron chi connectivity index (χ1n) is 7.29. The predicted octanol–water partition coefficient (Wildman–Crippen LogP) is 1.93. The molecule has 1 aliphatic rings. The summed E-state index contributed by atoms with van der Waals surface area (Å²) >= 11 is 1.61. The van der Waals surface area contributed by atoms with Gasteiger partial charge in [-0.15, -0.1) is 17.9 Å². The molecule has 2 rings (SSSR count). The summed E-state index contributed by atoms with van der Waals surface area (Å²) in [5.41, 5.74) is 0. The van der Waals surface area contributed by atoms with Crippen molar-refractivity contribution in [3.05, 3.63) is 35.0 Å². The van der Waals surface area contributed by atoms with Gasteiger partial charge < -0.3 is 4.90 Å². The van der Waals surface area contributed by atoms with E-state index in [-0.39, 0.29) is 18.4 Å². The molecule has 0 N–H and O–H groups in total. The summed E-state index contributed by atoms with van der Waals surface area (Å²) in [6.45, 7) is 5.54. The minimum Gasteiger partial charge on any atom is -0.334 e. The largest absolute Gasteiger partial charge is 0.334 e. The Labute approximate surface area is 136 Å². The van der Waals surface area contributed by atoms with E-state index in [1.165, 1.54) is 10.6 Å². The molecule has 7 heteroatoms. The lowest BCUT2D eigenvalue weighted by molar-refractivity contribution is -0.136. The van der Waals surface area contributed by atoms with Crippen molar-refractivity contribution < 1.29 is 13.2 Å². The summed E-state index contributed by atoms with van der Waals surface area (Å²) in [4.78, 5) is 15.6. The van der Waals surface area contributed by atoms with Crippen LogP contribution in [0.5, 0.6) is 0 Å². The van der Waals surface area contributed by atoms with Crippen molar-refractivity contribution in [1.29, 1.82) is 0 Å². The maximum Gasteiger partial charge on any atom is 0.227 e. The number of amides is 1. The van der Waals surface area contributed by atoms with Gasteiger partial charge in [-0.25, -0.2) is 12.7 Å². The maximum absolute atomic E-state index is 12.7. The zero-order valence-corrected chi connectivity index (χ0v) is 14.4. The van der Waals surface area contributed by atoms with Crippen molar-refractivity contribution in [3.63, 3.8) is 0 Å². The lowest BCUT2D eigenvalue weighted by Gasteiger charge is -2.33. The van der Waals surface area contributed by atoms with Gasteiger partial charge in [-0.05, 0) is 24.3 Å². The van der Waals surface area contributed by atoms with E-state index in [2.05, 4.69) is 6.58 Å². The Kier molecular flexibility index (Phi) is 5.77. The number of hydrogen-bond acceptors (Lipinski definition) is 4. The van der Waals surface area contributed by atoms with Crippen LogP contribution in [0.25, 0.3) is 0 Å². The Hall–Kier alpha value is -1.18. The summed E-state index contributed by atoms with van der Waals surface area (Å²) in [6, 6.07) is 3.96. The van der Waals surface area contributed by atoms with Crippen LogP contribution in [-0.2, 0) is 21.4 Å². The van der Waals surface area contributed by atoms with Crippen LogP contribution in [0.15, 0.2) is 30.2 Å². The van der Waals surface area contributed by atoms with Gasteiger partial charge in [0.25, 0.3) is 0 Å². The number of carbonyl (C=O) groups is 1. The van der Waals surface area contributed by atoms with E-state index in [9.17, 15) is 13.2 Å². The highest BCUT2D eigenvalue weighted by molar-refractivity contribution is 7.88. The number of rotatable bonds is 6. The van der Waals surface area contributed by atoms with Gasteiger partial charge in [-0.3, -0.25) is 4.79 Å². The highest BCUT2D eigenvalue weighted by Gasteiger charge is 2.32. The molecule has 1 aliphatic heterocycles. The number of thiophene rings is 1. The summed E-state index contributed by atoms with van der Waals surface area (Å²) in [7, 11) is -3.24. The van der Waals surface area contributed by atoms with Crippen molar-refractivity contribution in [2.75, 3.05) is 25.9 Å². The molecule has 22 heavy (non-hydrogen) atoms. The van der Waals surface area contributed by atoms with E-state index < -0.39 is 10.0 Å². The van der Waals surface area contributed by atoms with Crippen LogP contribution in [0, 0.1) is 5.92 Å². The van der Waals surface area contributed by atoms with Gasteiger partial charge >= 0.3 is 0 Å². The Morgan fingerprint density at radius 1 is 1.59 bits per heavy atom. The Balaban J connectivity index is 2.07. The smallest absolute Gasteiger partial charge is 0.227 e. The topological polar surface area (TPSA) is 57.7 Å². The maximum atomic E-state index is 12.7. The first-order chi connectivity index (χ1) is 10.4. The highest BCUT2D eigenvalue weighted by Crippen LogP contribution is 2.22. The number of sulfonamides is 1. The molecule has 1 fully saturated rings. The van der Waals surface area contributed by atoms with Gasteiger partial charge in [0.05, 0.1) is 18.7 Å². The molecule has 1 atom stereocenters. The van der Waals surface area contributed by atoms with E-state index in [0.717, 1.165) is 17.7 Å². The Morgan fingerprint density at radius 2 is 2.36 bits per heavy atom. The van der Waals surface area contributed by atoms with Crippen LogP contribution in [0.4, 0.5) is 0 Å². The minimum atomic E-state index is -3.24. The van der Waals surface area contributed by atoms with E-state index in [1.54, 1.807) is 22.3 Å². The molecule has 0 saturated carbocycles. The molecule has 122 valence electrons. The van der Waals surface area contributed by atoms with Crippen LogP contribution < -0.4 is 0 Å². The summed E-state index contributed by atoms with van der Waals surface area (Å²) < 4.78 is 24.8. The second-order valence-corrected chi connectivity index (χ2v) is 8.56. The molecule has 0 bridgehead atoms. The highest BCUT2D eigenvalue weighted by atomic mass is 32.2. The van der Waals surface area contributed by atoms with Crippen LogP contribution in [0.1, 0.15) is 17.7 Å². The zero-order chi connectivity index (χ0) is 16.2. The second-order valence-electron chi connectivity index (χ2n) is 5.55. The van der Waals surface area contributed by atoms with Crippen molar-refractivity contribution >= 4 is 27.3 Å². The molecular weight excluding hydrogens is 320 g/mol. The van der Waals surface area contributed by atoms with E-state index in [4.69, 9.17) is 0 Å². The first kappa shape index (κ1) is 17.2. The average Bonchev–Trinajstić information content (AvgIpc) is 2.98. The van der Waals surface area contributed by atoms with Gasteiger partial charge in [-0.2, -0.15) is 0 Å². The fourth-order valence-corrected chi connectivity index (χ4v) is 4.31. The molecule has 0 aromatic carbocycles. The summed E-state index contributed by atoms with van der Waals surface area (Å²) in [6.07, 6.45) is 4.38. The quantitative estimate of drug-likeness (QED) is 0.742. The molecule has 1 aromatic rings. The molecule has 1 saturated heterocycles. The van der Waals surface area contributed by atoms with Crippen molar-refractivity contribution in [1.82, 2.24) is 9.21 Å². The van der Waals surface area contributed by atoms with E-state index in [1.807, 2.05) is 17.5 Å². The van der Waals surface area contributed by atoms with Gasteiger partial charge in [0.15, 0.2) is 0 Å². The monoisotopic (exact) mass is 342 g/mol. The first-order valence-corrected chi connectivity index (χ1v) is 10.0. The van der Waals surface area contributed by atoms with Crippen molar-refractivity contribution in [2.24, 2.45) is 5.92 Å².